The van der Waals surface area contributed by atoms with Crippen LogP contribution in [0.3, 0.4) is 0 Å². The Hall–Kier alpha value is -3.56. The van der Waals surface area contributed by atoms with E-state index in [0.717, 1.165) is 0 Å². The van der Waals surface area contributed by atoms with Crippen LogP contribution in [-0.2, 0) is 9.59 Å². The van der Waals surface area contributed by atoms with E-state index in [9.17, 15) is 9.59 Å². The highest BCUT2D eigenvalue weighted by Gasteiger charge is 2.04. The van der Waals surface area contributed by atoms with E-state index in [2.05, 4.69) is 31.2 Å². The second-order valence-corrected chi connectivity index (χ2v) is 6.71. The van der Waals surface area contributed by atoms with Gasteiger partial charge in [-0.3, -0.25) is 9.59 Å². The van der Waals surface area contributed by atoms with E-state index < -0.39 is 0 Å². The van der Waals surface area contributed by atoms with Gasteiger partial charge in [-0.1, -0.05) is 0 Å². The minimum Gasteiger partial charge on any atom is -0.397 e. The third kappa shape index (κ3) is 9.58. The molecular weight excluding hydrogens is 384 g/mol. The maximum Gasteiger partial charge on any atom is 0.220 e. The fraction of sp³-hybridized carbons (Fsp3) is 0.400. The number of nitrogens with one attached hydrogen (secondary N) is 4. The fourth-order valence-corrected chi connectivity index (χ4v) is 2.55. The first kappa shape index (κ1) is 22.7. The number of hydrogen-bond acceptors (Lipinski definition) is 8. The lowest BCUT2D eigenvalue weighted by Crippen LogP contribution is -2.29. The number of amides is 2. The zero-order valence-corrected chi connectivity index (χ0v) is 17.0. The van der Waals surface area contributed by atoms with Crippen molar-refractivity contribution in [3.63, 3.8) is 0 Å². The Morgan fingerprint density at radius 1 is 0.700 bits per heavy atom. The van der Waals surface area contributed by atoms with Crippen LogP contribution in [0.25, 0.3) is 0 Å². The molecule has 0 unspecified atom stereocenters. The van der Waals surface area contributed by atoms with Crippen LogP contribution in [0.5, 0.6) is 0 Å². The summed E-state index contributed by atoms with van der Waals surface area (Å²) in [6.45, 7) is 2.15. The molecule has 0 aliphatic rings. The molecular formula is C20H30N8O2. The van der Waals surface area contributed by atoms with E-state index in [1.54, 1.807) is 36.7 Å². The highest BCUT2D eigenvalue weighted by atomic mass is 16.2. The van der Waals surface area contributed by atoms with Crippen LogP contribution >= 0.6 is 0 Å². The summed E-state index contributed by atoms with van der Waals surface area (Å²) in [5.41, 5.74) is 12.4. The number of nitrogens with zero attached hydrogens (tertiary/aromatic N) is 2. The van der Waals surface area contributed by atoms with E-state index >= 15 is 0 Å². The Morgan fingerprint density at radius 2 is 1.13 bits per heavy atom. The van der Waals surface area contributed by atoms with E-state index in [1.165, 1.54) is 0 Å². The lowest BCUT2D eigenvalue weighted by molar-refractivity contribution is -0.122. The van der Waals surface area contributed by atoms with Gasteiger partial charge in [0.15, 0.2) is 0 Å². The maximum atomic E-state index is 11.8. The molecule has 8 N–H and O–H groups in total. The van der Waals surface area contributed by atoms with Crippen molar-refractivity contribution in [1.29, 1.82) is 0 Å². The molecule has 2 aromatic heterocycles. The highest BCUT2D eigenvalue weighted by Crippen LogP contribution is 2.06. The van der Waals surface area contributed by atoms with Gasteiger partial charge in [-0.25, -0.2) is 9.97 Å². The van der Waals surface area contributed by atoms with Gasteiger partial charge in [-0.2, -0.15) is 0 Å². The first-order chi connectivity index (χ1) is 14.5. The van der Waals surface area contributed by atoms with Crippen molar-refractivity contribution in [2.75, 3.05) is 48.3 Å². The van der Waals surface area contributed by atoms with Gasteiger partial charge >= 0.3 is 0 Å². The van der Waals surface area contributed by atoms with Crippen LogP contribution in [0, 0.1) is 0 Å². The fourth-order valence-electron chi connectivity index (χ4n) is 2.55. The number of nitrogens with two attached hydrogens (primary N) is 2. The average Bonchev–Trinajstić information content (AvgIpc) is 2.74. The maximum absolute atomic E-state index is 11.8. The summed E-state index contributed by atoms with van der Waals surface area (Å²) in [6.07, 6.45) is 5.28. The number of hydrogen-bond donors (Lipinski definition) is 6. The van der Waals surface area contributed by atoms with Crippen molar-refractivity contribution < 1.29 is 9.59 Å². The highest BCUT2D eigenvalue weighted by molar-refractivity contribution is 5.77. The van der Waals surface area contributed by atoms with E-state index in [-0.39, 0.29) is 11.8 Å². The molecule has 10 nitrogen and oxygen atoms in total. The number of carbonyl (C=O) groups excluding carboxylic acids is 2. The molecule has 0 atom stereocenters. The number of rotatable bonds is 13. The largest absolute Gasteiger partial charge is 0.397 e. The predicted molar refractivity (Wildman–Crippen MR) is 119 cm³/mol. The van der Waals surface area contributed by atoms with Crippen LogP contribution < -0.4 is 32.7 Å². The predicted octanol–water partition coefficient (Wildman–Crippen LogP) is 0.958. The number of nitrogen functional groups attached to an aromatic ring is 2. The molecule has 2 rings (SSSR count). The van der Waals surface area contributed by atoms with Gasteiger partial charge in [-0.15, -0.1) is 0 Å². The SMILES string of the molecule is Nc1ccc(NCCNC(=O)CCCCC(=O)NCCNc2ccc(N)cn2)nc1. The molecule has 0 aliphatic heterocycles. The summed E-state index contributed by atoms with van der Waals surface area (Å²) in [4.78, 5) is 31.9. The Labute approximate surface area is 176 Å². The minimum atomic E-state index is -0.0253. The third-order valence-corrected chi connectivity index (χ3v) is 4.14. The van der Waals surface area contributed by atoms with Crippen LogP contribution in [-0.4, -0.2) is 48.0 Å². The third-order valence-electron chi connectivity index (χ3n) is 4.14. The zero-order valence-electron chi connectivity index (χ0n) is 17.0. The van der Waals surface area contributed by atoms with Gasteiger partial charge in [0.1, 0.15) is 11.6 Å². The van der Waals surface area contributed by atoms with Gasteiger partial charge in [0.25, 0.3) is 0 Å². The number of unbranched alkanes of at least 4 members (excludes halogenated alkanes) is 1. The monoisotopic (exact) mass is 414 g/mol. The first-order valence-corrected chi connectivity index (χ1v) is 9.97. The number of aromatic nitrogens is 2. The van der Waals surface area contributed by atoms with Crippen molar-refractivity contribution >= 4 is 34.8 Å². The number of carbonyl (C=O) groups is 2. The molecule has 0 fully saturated rings. The van der Waals surface area contributed by atoms with Gasteiger partial charge in [-0.05, 0) is 37.1 Å². The first-order valence-electron chi connectivity index (χ1n) is 9.97. The molecule has 2 aromatic rings. The molecule has 162 valence electrons. The Bertz CT molecular complexity index is 713. The standard InChI is InChI=1S/C20H30N8O2/c21-15-5-7-17(27-13-15)23-9-11-25-19(29)3-1-2-4-20(30)26-12-10-24-18-8-6-16(22)14-28-18/h5-8,13-14H,1-4,9-12,21-22H2,(H,23,27)(H,24,28)(H,25,29)(H,26,30). The zero-order chi connectivity index (χ0) is 21.6. The van der Waals surface area contributed by atoms with E-state index in [0.29, 0.717) is 74.9 Å². The Morgan fingerprint density at radius 3 is 1.50 bits per heavy atom. The van der Waals surface area contributed by atoms with Crippen molar-refractivity contribution in [3.05, 3.63) is 36.7 Å². The molecule has 2 heterocycles. The van der Waals surface area contributed by atoms with Crippen molar-refractivity contribution in [2.45, 2.75) is 25.7 Å². The Balaban J connectivity index is 1.43. The average molecular weight is 415 g/mol. The Kier molecular flexibility index (Phi) is 9.71. The smallest absolute Gasteiger partial charge is 0.220 e. The van der Waals surface area contributed by atoms with Crippen LogP contribution in [0.1, 0.15) is 25.7 Å². The minimum absolute atomic E-state index is 0.0253. The normalized spacial score (nSPS) is 10.3. The molecule has 30 heavy (non-hydrogen) atoms. The van der Waals surface area contributed by atoms with Crippen LogP contribution in [0.4, 0.5) is 23.0 Å². The summed E-state index contributed by atoms with van der Waals surface area (Å²) in [6, 6.07) is 7.09. The topological polar surface area (TPSA) is 160 Å². The van der Waals surface area contributed by atoms with Crippen LogP contribution in [0.2, 0.25) is 0 Å². The van der Waals surface area contributed by atoms with Gasteiger partial charge < -0.3 is 32.7 Å². The van der Waals surface area contributed by atoms with Crippen molar-refractivity contribution in [1.82, 2.24) is 20.6 Å². The second-order valence-electron chi connectivity index (χ2n) is 6.71. The van der Waals surface area contributed by atoms with E-state index in [1.807, 2.05) is 0 Å². The molecule has 10 heteroatoms. The van der Waals surface area contributed by atoms with Gasteiger partial charge in [0.05, 0.1) is 23.8 Å². The van der Waals surface area contributed by atoms with Crippen molar-refractivity contribution in [3.8, 4) is 0 Å². The molecule has 0 aliphatic carbocycles. The summed E-state index contributed by atoms with van der Waals surface area (Å²) < 4.78 is 0. The summed E-state index contributed by atoms with van der Waals surface area (Å²) in [5, 5.41) is 11.9. The molecule has 0 bridgehead atoms. The van der Waals surface area contributed by atoms with E-state index in [4.69, 9.17) is 11.5 Å². The molecule has 0 spiro atoms. The molecule has 0 saturated carbocycles. The van der Waals surface area contributed by atoms with Crippen LogP contribution in [0.15, 0.2) is 36.7 Å². The summed E-state index contributed by atoms with van der Waals surface area (Å²) >= 11 is 0. The lowest BCUT2D eigenvalue weighted by Gasteiger charge is -2.08. The lowest BCUT2D eigenvalue weighted by atomic mass is 10.2. The molecule has 0 radical (unpaired) electrons. The summed E-state index contributed by atoms with van der Waals surface area (Å²) in [5.74, 6) is 1.37. The molecule has 0 saturated heterocycles. The molecule has 2 amide bonds. The van der Waals surface area contributed by atoms with Crippen molar-refractivity contribution in [2.24, 2.45) is 0 Å². The second kappa shape index (κ2) is 12.8. The number of pyridine rings is 2. The quantitative estimate of drug-likeness (QED) is 0.264. The molecule has 0 aromatic carbocycles. The van der Waals surface area contributed by atoms with Gasteiger partial charge in [0.2, 0.25) is 11.8 Å². The number of anilines is 4. The van der Waals surface area contributed by atoms with Gasteiger partial charge in [0, 0.05) is 39.0 Å². The summed E-state index contributed by atoms with van der Waals surface area (Å²) in [7, 11) is 0.